The number of carboxylic acid groups (broad SMARTS) is 1. The molecule has 124 heavy (non-hydrogen) atoms. The lowest BCUT2D eigenvalue weighted by molar-refractivity contribution is -0.157. The van der Waals surface area contributed by atoms with Crippen LogP contribution in [0.4, 0.5) is 14.5 Å². The lowest BCUT2D eigenvalue weighted by Gasteiger charge is -2.20. The maximum Gasteiger partial charge on any atom is 0.359 e. The minimum atomic E-state index is -1.05. The van der Waals surface area contributed by atoms with Crippen LogP contribution in [-0.4, -0.2) is 168 Å². The second-order valence-electron chi connectivity index (χ2n) is 29.4. The average molecular weight is 2110 g/mol. The molecule has 4 aliphatic carbocycles. The number of rotatable bonds is 18. The number of alkyl halides is 2. The van der Waals surface area contributed by atoms with Crippen LogP contribution >= 0.6 is 53.4 Å². The molecule has 1 fully saturated rings. The van der Waals surface area contributed by atoms with Gasteiger partial charge in [-0.2, -0.15) is 28.8 Å². The number of aliphatic imine (C=N–C) groups is 1. The number of ether oxygens (including phenoxy) is 7. The molecular formula is C78H108BrCl2F2N9O17S15. The van der Waals surface area contributed by atoms with Crippen LogP contribution in [0, 0.1) is 5.82 Å². The molecule has 2 atom stereocenters. The minimum absolute atomic E-state index is 0. The van der Waals surface area contributed by atoms with Crippen molar-refractivity contribution >= 4 is 261 Å². The summed E-state index contributed by atoms with van der Waals surface area (Å²) in [6.07, 6.45) is 14.5. The van der Waals surface area contributed by atoms with Crippen molar-refractivity contribution in [3.8, 4) is 11.1 Å². The van der Waals surface area contributed by atoms with Gasteiger partial charge in [0.1, 0.15) is 53.7 Å². The van der Waals surface area contributed by atoms with Crippen molar-refractivity contribution in [2.45, 2.75) is 248 Å². The highest BCUT2D eigenvalue weighted by Gasteiger charge is 2.34. The number of amides is 1. The fraction of sp³-hybridized carbons (Fsp3) is 0.577. The quantitative estimate of drug-likeness (QED) is 0.0417. The fourth-order valence-corrected chi connectivity index (χ4v) is 15.8. The van der Waals surface area contributed by atoms with Crippen molar-refractivity contribution in [2.75, 3.05) is 50.2 Å². The van der Waals surface area contributed by atoms with Gasteiger partial charge in [-0.1, -0.05) is 57.9 Å². The van der Waals surface area contributed by atoms with Gasteiger partial charge in [0.15, 0.2) is 22.9 Å². The third-order valence-electron chi connectivity index (χ3n) is 17.0. The van der Waals surface area contributed by atoms with Gasteiger partial charge in [-0.15, -0.1) is 12.4 Å². The highest BCUT2D eigenvalue weighted by atomic mass is 79.9. The molecule has 46 heteroatoms. The minimum Gasteiger partial charge on any atom is -0.480 e. The Morgan fingerprint density at radius 1 is 0.573 bits per heavy atom. The zero-order chi connectivity index (χ0) is 91.9. The van der Waals surface area contributed by atoms with E-state index >= 15 is 0 Å². The van der Waals surface area contributed by atoms with Crippen molar-refractivity contribution < 1.29 is 90.2 Å². The van der Waals surface area contributed by atoms with Crippen LogP contribution in [-0.2, 0) is 263 Å². The van der Waals surface area contributed by atoms with Crippen molar-refractivity contribution in [1.82, 2.24) is 34.7 Å². The summed E-state index contributed by atoms with van der Waals surface area (Å²) in [7, 11) is 7.21. The number of carboxylic acids is 1. The second-order valence-corrected chi connectivity index (χ2v) is 41.0. The summed E-state index contributed by atoms with van der Waals surface area (Å²) in [5, 5.41) is 27.7. The van der Waals surface area contributed by atoms with E-state index < -0.39 is 65.0 Å². The predicted molar refractivity (Wildman–Crippen MR) is 525 cm³/mol. The van der Waals surface area contributed by atoms with Gasteiger partial charge >= 0.3 is 47.8 Å². The number of carbonyl (C=O) groups excluding carboxylic acids is 8. The van der Waals surface area contributed by atoms with E-state index in [-0.39, 0.29) is 98.7 Å². The van der Waals surface area contributed by atoms with Crippen molar-refractivity contribution in [1.29, 1.82) is 0 Å². The highest BCUT2D eigenvalue weighted by molar-refractivity contribution is 9.09. The molecule has 1 saturated heterocycles. The number of aromatic nitrogens is 6. The Morgan fingerprint density at radius 3 is 1.45 bits per heavy atom. The van der Waals surface area contributed by atoms with Crippen LogP contribution in [0.3, 0.4) is 0 Å². The van der Waals surface area contributed by atoms with Crippen LogP contribution < -0.4 is 10.6 Å². The van der Waals surface area contributed by atoms with Gasteiger partial charge in [0.05, 0.1) is 50.4 Å². The standard InChI is InChI=1S/C17H15ClF2N2O.2C16H24N2O4.C12H16N2O4.C11H15NO2.C6H11BrO2.ClH.S5.S4.S3.S2.H2S/c18-13-6-2-1-4-11(13)12-5-3-7-14(16(12)20)22-17(23)15-8-10(19)9-21-15;1-5-21-15(20)14-11-8-6-7-9-12(11)18(17-14)10-13(19)22-16(2,3)4;1-5-21-15(20)14-11-8-6-7-9-12(11)17-18(14)10-13(19)22-16(2,3)4;1-2-18-12(17)11-8-5-3-4-6-9(8)14(13-11)7-10(15)16;1-2-14-11(13)10-9-6-4-3-5-8(9)7-12-10;1-6(2,3)9-5(8)4-7;;1-3-5-4-2;1-3-4-2;1-3-2;1-2;/h1-7,10,15,21H,8-9H2,(H,22,23);2*5-10H2,1-4H3;2-7H2,1H3,(H,15,16);2-7H2,1H3;4H2,1-3H3;1H;;;;;1H2/t10-,15+;;;;;;;;;;;/m1.........../s1. The van der Waals surface area contributed by atoms with Crippen molar-refractivity contribution in [3.05, 3.63) is 115 Å². The Hall–Kier alpha value is -4.98. The third-order valence-corrected chi connectivity index (χ3v) is 24.5. The number of aryl methyl sites for hydroxylation is 1. The van der Waals surface area contributed by atoms with E-state index in [0.29, 0.717) is 59.7 Å². The number of hydrogen-bond acceptors (Lipinski definition) is 29. The molecule has 0 bridgehead atoms. The first kappa shape index (κ1) is 119. The van der Waals surface area contributed by atoms with Crippen LogP contribution in [0.1, 0.15) is 226 Å². The molecule has 0 unspecified atom stereocenters. The predicted octanol–water partition coefficient (Wildman–Crippen LogP) is 13.5. The molecule has 2 aromatic carbocycles. The SMILES string of the molecule is CC(C)(C)OC(=O)CBr.CCOC(=O)C1=NCC2=C1CCCC2.CCOC(=O)c1c2c(nn1CC(=O)OC(C)(C)C)CCCC2.CCOC(=O)c1nn(CC(=O)O)c2c1CCCC2.CCOC(=O)c1nn(CC(=O)OC(C)(C)C)c2c1CCCC2.Cl.O=C(Nc1cccc(-c2ccccc2Cl)c1F)[C@@H]1C[C@@H](F)CN1.S.S=S.S=S=S.S=S=S=S.S=S=S=S=S. The first-order valence-corrected chi connectivity index (χ1v) is 53.5. The number of nitrogens with zero attached hydrogens (tertiary/aromatic N) is 7. The normalized spacial score (nSPS) is 14.6. The van der Waals surface area contributed by atoms with Crippen LogP contribution in [0.15, 0.2) is 58.6 Å². The van der Waals surface area contributed by atoms with Gasteiger partial charge in [-0.05, 0) is 216 Å². The van der Waals surface area contributed by atoms with Gasteiger partial charge in [-0.3, -0.25) is 38.3 Å². The number of aliphatic carboxylic acids is 1. The zero-order valence-corrected chi connectivity index (χ0v) is 86.6. The number of carbonyl (C=O) groups is 9. The lowest BCUT2D eigenvalue weighted by Crippen LogP contribution is -2.35. The highest BCUT2D eigenvalue weighted by Crippen LogP contribution is 2.35. The molecule has 11 rings (SSSR count). The van der Waals surface area contributed by atoms with Gasteiger partial charge in [0.25, 0.3) is 0 Å². The van der Waals surface area contributed by atoms with Gasteiger partial charge in [0, 0.05) is 200 Å². The Bertz CT molecular complexity index is 4700. The maximum atomic E-state index is 14.7. The fourth-order valence-electron chi connectivity index (χ4n) is 12.7. The van der Waals surface area contributed by atoms with Crippen molar-refractivity contribution in [2.24, 2.45) is 4.99 Å². The Labute approximate surface area is 807 Å². The first-order valence-electron chi connectivity index (χ1n) is 38.6. The Kier molecular flexibility index (Phi) is 61.3. The van der Waals surface area contributed by atoms with E-state index in [2.05, 4.69) is 136 Å². The molecule has 692 valence electrons. The van der Waals surface area contributed by atoms with E-state index in [9.17, 15) is 51.9 Å². The average Bonchev–Trinajstić information content (AvgIpc) is 1.53. The molecule has 0 radical (unpaired) electrons. The van der Waals surface area contributed by atoms with Crippen LogP contribution in [0.25, 0.3) is 11.1 Å². The second kappa shape index (κ2) is 63.9. The first-order chi connectivity index (χ1) is 57.8. The molecular weight excluding hydrogens is 2000 g/mol. The summed E-state index contributed by atoms with van der Waals surface area (Å²) in [6.45, 7) is 25.5. The van der Waals surface area contributed by atoms with Gasteiger partial charge < -0.3 is 48.9 Å². The number of fused-ring (bicyclic) bond motifs is 3. The molecule has 5 aromatic rings. The molecule has 3 aromatic heterocycles. The molecule has 3 N–H and O–H groups in total. The number of anilines is 1. The smallest absolute Gasteiger partial charge is 0.359 e. The summed E-state index contributed by atoms with van der Waals surface area (Å²) in [5.41, 5.74) is 9.06. The number of nitrogens with one attached hydrogen (secondary N) is 2. The van der Waals surface area contributed by atoms with E-state index in [1.807, 2.05) is 69.2 Å². The molecule has 6 aliphatic rings. The van der Waals surface area contributed by atoms with Crippen molar-refractivity contribution in [3.63, 3.8) is 0 Å². The maximum absolute atomic E-state index is 14.7. The lowest BCUT2D eigenvalue weighted by atomic mass is 9.91. The summed E-state index contributed by atoms with van der Waals surface area (Å²) in [4.78, 5) is 109. The molecule has 26 nitrogen and oxygen atoms in total. The molecule has 2 aliphatic heterocycles. The largest absolute Gasteiger partial charge is 0.480 e. The van der Waals surface area contributed by atoms with E-state index in [4.69, 9.17) is 49.9 Å². The Morgan fingerprint density at radius 2 is 1.01 bits per heavy atom. The molecule has 0 saturated carbocycles. The summed E-state index contributed by atoms with van der Waals surface area (Å²) in [5.74, 6) is -4.46. The number of halogens is 5. The molecule has 1 amide bonds. The number of esters is 7. The van der Waals surface area contributed by atoms with Gasteiger partial charge in [-0.25, -0.2) is 32.6 Å². The Balaban J connectivity index is 0.00000144. The topological polar surface area (TPSA) is 328 Å². The zero-order valence-electron chi connectivity index (χ0n) is 71.0. The summed E-state index contributed by atoms with van der Waals surface area (Å²) < 4.78 is 68.0. The van der Waals surface area contributed by atoms with E-state index in [0.717, 1.165) is 139 Å². The molecule has 0 spiro atoms. The third kappa shape index (κ3) is 43.6. The van der Waals surface area contributed by atoms with E-state index in [1.54, 1.807) is 61.9 Å². The van der Waals surface area contributed by atoms with Crippen LogP contribution in [0.5, 0.6) is 0 Å². The molecule has 5 heterocycles. The van der Waals surface area contributed by atoms with Gasteiger partial charge in [0.2, 0.25) is 5.91 Å². The summed E-state index contributed by atoms with van der Waals surface area (Å²) >= 11 is 42.2. The number of hydrogen-bond donors (Lipinski definition) is 3. The summed E-state index contributed by atoms with van der Waals surface area (Å²) in [6, 6.07) is 11.0. The van der Waals surface area contributed by atoms with E-state index in [1.165, 1.54) is 83.8 Å². The number of benzene rings is 2. The van der Waals surface area contributed by atoms with Crippen LogP contribution in [0.2, 0.25) is 5.02 Å². The monoisotopic (exact) mass is 2110 g/mol.